The number of phenolic OH excluding ortho intramolecular Hbond substituents is 1. The SMILES string of the molecule is CNS(=O)(=O)CCc1ccc(O)cc1C(=O)c1cn(C)c2c(O)nccc12. The lowest BCUT2D eigenvalue weighted by atomic mass is 9.96. The van der Waals surface area contributed by atoms with E-state index in [1.807, 2.05) is 0 Å². The van der Waals surface area contributed by atoms with Crippen molar-refractivity contribution in [3.05, 3.63) is 53.3 Å². The minimum atomic E-state index is -3.44. The maximum absolute atomic E-state index is 13.2. The number of carbonyl (C=O) groups excluding carboxylic acids is 1. The number of carbonyl (C=O) groups is 1. The number of phenols is 1. The van der Waals surface area contributed by atoms with E-state index in [0.717, 1.165) is 0 Å². The molecule has 3 N–H and O–H groups in total. The molecule has 1 aromatic carbocycles. The Bertz CT molecular complexity index is 1140. The molecule has 0 fully saturated rings. The minimum absolute atomic E-state index is 0.0941. The number of rotatable bonds is 6. The zero-order valence-electron chi connectivity index (χ0n) is 14.8. The molecule has 0 amide bonds. The van der Waals surface area contributed by atoms with Crippen molar-refractivity contribution in [3.8, 4) is 11.6 Å². The molecule has 0 saturated carbocycles. The van der Waals surface area contributed by atoms with Crippen LogP contribution in [0.5, 0.6) is 11.6 Å². The summed E-state index contributed by atoms with van der Waals surface area (Å²) in [4.78, 5) is 17.0. The number of aryl methyl sites for hydroxylation is 2. The summed E-state index contributed by atoms with van der Waals surface area (Å²) >= 11 is 0. The Kier molecular flexibility index (Phi) is 4.90. The van der Waals surface area contributed by atoms with Crippen LogP contribution in [-0.2, 0) is 23.5 Å². The molecule has 0 unspecified atom stereocenters. The highest BCUT2D eigenvalue weighted by molar-refractivity contribution is 7.89. The lowest BCUT2D eigenvalue weighted by Gasteiger charge is -2.09. The molecule has 0 aliphatic rings. The predicted molar refractivity (Wildman–Crippen MR) is 100 cm³/mol. The molecule has 0 saturated heterocycles. The number of ketones is 1. The van der Waals surface area contributed by atoms with Gasteiger partial charge >= 0.3 is 0 Å². The number of pyridine rings is 1. The van der Waals surface area contributed by atoms with E-state index in [9.17, 15) is 23.4 Å². The maximum Gasteiger partial charge on any atom is 0.236 e. The van der Waals surface area contributed by atoms with Crippen LogP contribution in [-0.4, -0.2) is 46.8 Å². The highest BCUT2D eigenvalue weighted by Crippen LogP contribution is 2.29. The Labute approximate surface area is 156 Å². The third-order valence-electron chi connectivity index (χ3n) is 4.40. The third kappa shape index (κ3) is 3.64. The molecule has 0 radical (unpaired) electrons. The molecule has 0 bridgehead atoms. The van der Waals surface area contributed by atoms with Crippen LogP contribution >= 0.6 is 0 Å². The molecule has 27 heavy (non-hydrogen) atoms. The summed E-state index contributed by atoms with van der Waals surface area (Å²) in [7, 11) is -0.428. The molecule has 2 heterocycles. The van der Waals surface area contributed by atoms with Gasteiger partial charge < -0.3 is 14.8 Å². The summed E-state index contributed by atoms with van der Waals surface area (Å²) in [6, 6.07) is 5.90. The van der Waals surface area contributed by atoms with E-state index < -0.39 is 10.0 Å². The van der Waals surface area contributed by atoms with Gasteiger partial charge in [0.2, 0.25) is 15.9 Å². The molecule has 9 heteroatoms. The van der Waals surface area contributed by atoms with Gasteiger partial charge in [-0.1, -0.05) is 6.07 Å². The third-order valence-corrected chi connectivity index (χ3v) is 5.77. The number of fused-ring (bicyclic) bond motifs is 1. The van der Waals surface area contributed by atoms with Gasteiger partial charge in [-0.05, 0) is 37.2 Å². The maximum atomic E-state index is 13.2. The second-order valence-corrected chi connectivity index (χ2v) is 8.17. The molecule has 8 nitrogen and oxygen atoms in total. The highest BCUT2D eigenvalue weighted by atomic mass is 32.2. The molecule has 0 spiro atoms. The molecule has 0 aliphatic carbocycles. The van der Waals surface area contributed by atoms with Crippen LogP contribution in [0.1, 0.15) is 21.5 Å². The summed E-state index contributed by atoms with van der Waals surface area (Å²) in [5.74, 6) is -0.845. The molecule has 3 rings (SSSR count). The van der Waals surface area contributed by atoms with Gasteiger partial charge in [0.25, 0.3) is 0 Å². The topological polar surface area (TPSA) is 122 Å². The summed E-state index contributed by atoms with van der Waals surface area (Å²) in [6.45, 7) is 0. The van der Waals surface area contributed by atoms with Gasteiger partial charge in [0, 0.05) is 36.0 Å². The number of hydrogen-bond donors (Lipinski definition) is 3. The van der Waals surface area contributed by atoms with Gasteiger partial charge in [0.15, 0.2) is 5.78 Å². The molecule has 0 atom stereocenters. The van der Waals surface area contributed by atoms with E-state index in [4.69, 9.17) is 0 Å². The van der Waals surface area contributed by atoms with E-state index in [0.29, 0.717) is 22.0 Å². The number of hydrogen-bond acceptors (Lipinski definition) is 6. The summed E-state index contributed by atoms with van der Waals surface area (Å²) in [6.07, 6.45) is 3.09. The molecule has 3 aromatic rings. The standard InChI is InChI=1S/C18H19N3O5S/c1-19-27(25,26)8-6-11-3-4-12(22)9-14(11)17(23)15-10-21(2)16-13(15)5-7-20-18(16)24/h3-5,7,9-10,19,22H,6,8H2,1-2H3,(H,20,24). The van der Waals surface area contributed by atoms with Gasteiger partial charge in [-0.15, -0.1) is 0 Å². The van der Waals surface area contributed by atoms with Crippen molar-refractivity contribution in [1.29, 1.82) is 0 Å². The average molecular weight is 389 g/mol. The molecular formula is C18H19N3O5S. The first-order valence-electron chi connectivity index (χ1n) is 8.14. The van der Waals surface area contributed by atoms with E-state index in [1.165, 1.54) is 31.4 Å². The normalized spacial score (nSPS) is 11.8. The van der Waals surface area contributed by atoms with Crippen LogP contribution in [0.2, 0.25) is 0 Å². The summed E-state index contributed by atoms with van der Waals surface area (Å²) < 4.78 is 27.3. The zero-order valence-corrected chi connectivity index (χ0v) is 15.6. The molecular weight excluding hydrogens is 370 g/mol. The van der Waals surface area contributed by atoms with Crippen molar-refractivity contribution in [3.63, 3.8) is 0 Å². The van der Waals surface area contributed by atoms with Gasteiger partial charge in [-0.3, -0.25) is 4.79 Å². The van der Waals surface area contributed by atoms with Crippen LogP contribution in [0.3, 0.4) is 0 Å². The van der Waals surface area contributed by atoms with Crippen LogP contribution in [0, 0.1) is 0 Å². The van der Waals surface area contributed by atoms with Gasteiger partial charge in [0.05, 0.1) is 5.75 Å². The van der Waals surface area contributed by atoms with E-state index in [2.05, 4.69) is 9.71 Å². The van der Waals surface area contributed by atoms with Gasteiger partial charge in [0.1, 0.15) is 11.3 Å². The Balaban J connectivity index is 2.08. The summed E-state index contributed by atoms with van der Waals surface area (Å²) in [5, 5.41) is 20.3. The smallest absolute Gasteiger partial charge is 0.236 e. The van der Waals surface area contributed by atoms with Gasteiger partial charge in [-0.2, -0.15) is 0 Å². The lowest BCUT2D eigenvalue weighted by Crippen LogP contribution is -2.23. The lowest BCUT2D eigenvalue weighted by molar-refractivity contribution is 0.103. The molecule has 2 aromatic heterocycles. The fourth-order valence-corrected chi connectivity index (χ4v) is 3.69. The molecule has 142 valence electrons. The molecule has 0 aliphatic heterocycles. The second-order valence-electron chi connectivity index (χ2n) is 6.13. The minimum Gasteiger partial charge on any atom is -0.508 e. The monoisotopic (exact) mass is 389 g/mol. The fourth-order valence-electron chi connectivity index (χ4n) is 3.00. The quantitative estimate of drug-likeness (QED) is 0.547. The number of aromatic hydroxyl groups is 2. The number of aromatic nitrogens is 2. The van der Waals surface area contributed by atoms with Crippen LogP contribution in [0.15, 0.2) is 36.7 Å². The first-order chi connectivity index (χ1) is 12.7. The van der Waals surface area contributed by atoms with Crippen molar-refractivity contribution in [2.24, 2.45) is 7.05 Å². The van der Waals surface area contributed by atoms with E-state index in [1.54, 1.807) is 23.9 Å². The Morgan fingerprint density at radius 3 is 2.67 bits per heavy atom. The Morgan fingerprint density at radius 1 is 1.22 bits per heavy atom. The fraction of sp³-hybridized carbons (Fsp3) is 0.222. The average Bonchev–Trinajstić information content (AvgIpc) is 2.98. The second kappa shape index (κ2) is 7.01. The largest absolute Gasteiger partial charge is 0.508 e. The summed E-state index contributed by atoms with van der Waals surface area (Å²) in [5.41, 5.74) is 1.46. The van der Waals surface area contributed by atoms with E-state index in [-0.39, 0.29) is 35.1 Å². The predicted octanol–water partition coefficient (Wildman–Crippen LogP) is 1.31. The number of nitrogens with one attached hydrogen (secondary N) is 1. The number of sulfonamides is 1. The van der Waals surface area contributed by atoms with Crippen molar-refractivity contribution in [2.45, 2.75) is 6.42 Å². The number of benzene rings is 1. The van der Waals surface area contributed by atoms with Crippen molar-refractivity contribution in [2.75, 3.05) is 12.8 Å². The zero-order chi connectivity index (χ0) is 19.8. The van der Waals surface area contributed by atoms with Crippen molar-refractivity contribution < 1.29 is 23.4 Å². The Morgan fingerprint density at radius 2 is 1.96 bits per heavy atom. The van der Waals surface area contributed by atoms with Crippen molar-refractivity contribution >= 4 is 26.7 Å². The van der Waals surface area contributed by atoms with Gasteiger partial charge in [-0.25, -0.2) is 18.1 Å². The number of nitrogens with zero attached hydrogens (tertiary/aromatic N) is 2. The first kappa shape index (κ1) is 18.9. The van der Waals surface area contributed by atoms with Crippen molar-refractivity contribution in [1.82, 2.24) is 14.3 Å². The van der Waals surface area contributed by atoms with Crippen LogP contribution in [0.25, 0.3) is 10.9 Å². The van der Waals surface area contributed by atoms with Crippen LogP contribution < -0.4 is 4.72 Å². The highest BCUT2D eigenvalue weighted by Gasteiger charge is 2.21. The van der Waals surface area contributed by atoms with E-state index >= 15 is 0 Å². The Hall–Kier alpha value is -2.91. The van der Waals surface area contributed by atoms with Crippen LogP contribution in [0.4, 0.5) is 0 Å². The first-order valence-corrected chi connectivity index (χ1v) is 9.79.